The second kappa shape index (κ2) is 10.4. The van der Waals surface area contributed by atoms with Crippen molar-refractivity contribution in [2.75, 3.05) is 6.61 Å². The highest BCUT2D eigenvalue weighted by atomic mass is 16.5. The summed E-state index contributed by atoms with van der Waals surface area (Å²) in [6.45, 7) is 2.26. The van der Waals surface area contributed by atoms with Gasteiger partial charge < -0.3 is 15.2 Å². The zero-order chi connectivity index (χ0) is 18.8. The van der Waals surface area contributed by atoms with Gasteiger partial charge in [0.25, 0.3) is 0 Å². The number of nitrogens with one attached hydrogen (secondary N) is 2. The van der Waals surface area contributed by atoms with Crippen LogP contribution >= 0.6 is 0 Å². The van der Waals surface area contributed by atoms with Gasteiger partial charge in [0.1, 0.15) is 0 Å². The summed E-state index contributed by atoms with van der Waals surface area (Å²) >= 11 is 0. The lowest BCUT2D eigenvalue weighted by atomic mass is 9.95. The molecule has 1 fully saturated rings. The largest absolute Gasteiger partial charge is 0.504 e. The number of benzene rings is 1. The van der Waals surface area contributed by atoms with Crippen molar-refractivity contribution in [1.29, 1.82) is 0 Å². The second-order valence-corrected chi connectivity index (χ2v) is 6.36. The number of hydrogen-bond donors (Lipinski definition) is 3. The van der Waals surface area contributed by atoms with Crippen molar-refractivity contribution in [1.82, 2.24) is 10.7 Å². The number of hydrogen-bond acceptors (Lipinski definition) is 5. The molecule has 0 radical (unpaired) electrons. The smallest absolute Gasteiger partial charge is 0.240 e. The molecule has 0 heterocycles. The van der Waals surface area contributed by atoms with Crippen LogP contribution in [0.1, 0.15) is 57.4 Å². The molecule has 0 spiro atoms. The van der Waals surface area contributed by atoms with Crippen molar-refractivity contribution < 1.29 is 19.4 Å². The molecule has 3 N–H and O–H groups in total. The number of carbonyl (C=O) groups excluding carboxylic acids is 2. The monoisotopic (exact) mass is 361 g/mol. The van der Waals surface area contributed by atoms with Gasteiger partial charge in [-0.25, -0.2) is 5.43 Å². The maximum absolute atomic E-state index is 11.9. The van der Waals surface area contributed by atoms with Crippen LogP contribution in [0.3, 0.4) is 0 Å². The number of hydrazone groups is 1. The molecule has 0 bridgehead atoms. The van der Waals surface area contributed by atoms with E-state index in [4.69, 9.17) is 4.74 Å². The van der Waals surface area contributed by atoms with E-state index in [-0.39, 0.29) is 36.4 Å². The summed E-state index contributed by atoms with van der Waals surface area (Å²) in [5, 5.41) is 16.5. The maximum atomic E-state index is 11.9. The van der Waals surface area contributed by atoms with Crippen molar-refractivity contribution in [2.45, 2.75) is 57.9 Å². The Bertz CT molecular complexity index is 640. The standard InChI is InChI=1S/C19H27N3O4/c1-2-26-17-12-14(8-9-16(17)23)13-20-22-19(25)11-10-18(24)21-15-6-4-3-5-7-15/h8-9,12-13,15,23H,2-7,10-11H2,1H3,(H,21,24)(H,22,25). The van der Waals surface area contributed by atoms with Gasteiger partial charge in [-0.3, -0.25) is 9.59 Å². The minimum atomic E-state index is -0.316. The lowest BCUT2D eigenvalue weighted by molar-refractivity contribution is -0.126. The number of nitrogens with zero attached hydrogens (tertiary/aromatic N) is 1. The molecule has 1 aliphatic rings. The van der Waals surface area contributed by atoms with Crippen molar-refractivity contribution in [2.24, 2.45) is 5.10 Å². The summed E-state index contributed by atoms with van der Waals surface area (Å²) in [6.07, 6.45) is 7.31. The molecule has 7 nitrogen and oxygen atoms in total. The first kappa shape index (κ1) is 19.8. The van der Waals surface area contributed by atoms with E-state index in [2.05, 4.69) is 15.8 Å². The van der Waals surface area contributed by atoms with E-state index in [9.17, 15) is 14.7 Å². The maximum Gasteiger partial charge on any atom is 0.240 e. The molecule has 1 aliphatic carbocycles. The molecule has 2 amide bonds. The van der Waals surface area contributed by atoms with E-state index in [1.54, 1.807) is 12.1 Å². The van der Waals surface area contributed by atoms with E-state index in [1.165, 1.54) is 18.7 Å². The predicted octanol–water partition coefficient (Wildman–Crippen LogP) is 2.47. The summed E-state index contributed by atoms with van der Waals surface area (Å²) in [5.41, 5.74) is 3.09. The quantitative estimate of drug-likeness (QED) is 0.489. The minimum absolute atomic E-state index is 0.0528. The van der Waals surface area contributed by atoms with E-state index in [0.29, 0.717) is 17.9 Å². The number of phenols is 1. The van der Waals surface area contributed by atoms with Crippen molar-refractivity contribution in [3.8, 4) is 11.5 Å². The second-order valence-electron chi connectivity index (χ2n) is 6.36. The van der Waals surface area contributed by atoms with Crippen LogP contribution in [0.15, 0.2) is 23.3 Å². The van der Waals surface area contributed by atoms with Gasteiger partial charge in [0.2, 0.25) is 11.8 Å². The van der Waals surface area contributed by atoms with Crippen LogP contribution in [0.25, 0.3) is 0 Å². The summed E-state index contributed by atoms with van der Waals surface area (Å²) in [5.74, 6) is 0.0129. The van der Waals surface area contributed by atoms with Crippen molar-refractivity contribution in [3.05, 3.63) is 23.8 Å². The van der Waals surface area contributed by atoms with Gasteiger partial charge in [-0.05, 0) is 43.5 Å². The molecule has 0 unspecified atom stereocenters. The van der Waals surface area contributed by atoms with Gasteiger partial charge in [-0.15, -0.1) is 0 Å². The highest BCUT2D eigenvalue weighted by Crippen LogP contribution is 2.26. The fourth-order valence-electron chi connectivity index (χ4n) is 2.89. The van der Waals surface area contributed by atoms with Crippen LogP contribution in [-0.2, 0) is 9.59 Å². The first-order valence-corrected chi connectivity index (χ1v) is 9.15. The summed E-state index contributed by atoms with van der Waals surface area (Å²) < 4.78 is 5.29. The molecule has 1 saturated carbocycles. The van der Waals surface area contributed by atoms with Crippen molar-refractivity contribution >= 4 is 18.0 Å². The molecule has 0 saturated heterocycles. The third-order valence-corrected chi connectivity index (χ3v) is 4.24. The van der Waals surface area contributed by atoms with Gasteiger partial charge in [-0.1, -0.05) is 19.3 Å². The van der Waals surface area contributed by atoms with Crippen LogP contribution in [0.4, 0.5) is 0 Å². The van der Waals surface area contributed by atoms with Crippen LogP contribution in [0.2, 0.25) is 0 Å². The number of rotatable bonds is 8. The Morgan fingerprint density at radius 1 is 1.23 bits per heavy atom. The van der Waals surface area contributed by atoms with Gasteiger partial charge in [0.05, 0.1) is 12.8 Å². The highest BCUT2D eigenvalue weighted by Gasteiger charge is 2.16. The molecule has 1 aromatic rings. The summed E-state index contributed by atoms with van der Waals surface area (Å²) in [7, 11) is 0. The number of phenolic OH excluding ortho intramolecular Hbond substituents is 1. The molecule has 26 heavy (non-hydrogen) atoms. The summed E-state index contributed by atoms with van der Waals surface area (Å²) in [4.78, 5) is 23.7. The number of carbonyl (C=O) groups is 2. The van der Waals surface area contributed by atoms with Crippen LogP contribution in [0, 0.1) is 0 Å². The average molecular weight is 361 g/mol. The molecule has 0 aromatic heterocycles. The molecular formula is C19H27N3O4. The molecular weight excluding hydrogens is 334 g/mol. The minimum Gasteiger partial charge on any atom is -0.504 e. The number of aromatic hydroxyl groups is 1. The van der Waals surface area contributed by atoms with Gasteiger partial charge in [0.15, 0.2) is 11.5 Å². The summed E-state index contributed by atoms with van der Waals surface area (Å²) in [6, 6.07) is 5.05. The third-order valence-electron chi connectivity index (χ3n) is 4.24. The van der Waals surface area contributed by atoms with Crippen LogP contribution in [0.5, 0.6) is 11.5 Å². The lowest BCUT2D eigenvalue weighted by Gasteiger charge is -2.22. The molecule has 142 valence electrons. The Hall–Kier alpha value is -2.57. The Morgan fingerprint density at radius 2 is 1.96 bits per heavy atom. The Balaban J connectivity index is 1.71. The van der Waals surface area contributed by atoms with Crippen molar-refractivity contribution in [3.63, 3.8) is 0 Å². The number of ether oxygens (including phenoxy) is 1. The van der Waals surface area contributed by atoms with Crippen LogP contribution < -0.4 is 15.5 Å². The zero-order valence-electron chi connectivity index (χ0n) is 15.2. The fourth-order valence-corrected chi connectivity index (χ4v) is 2.89. The average Bonchev–Trinajstić information content (AvgIpc) is 2.64. The normalized spacial score (nSPS) is 15.0. The molecule has 2 rings (SSSR count). The molecule has 1 aromatic carbocycles. The van der Waals surface area contributed by atoms with Crippen LogP contribution in [-0.4, -0.2) is 35.8 Å². The van der Waals surface area contributed by atoms with E-state index in [1.807, 2.05) is 6.92 Å². The molecule has 0 atom stereocenters. The first-order valence-electron chi connectivity index (χ1n) is 9.15. The van der Waals surface area contributed by atoms with E-state index < -0.39 is 0 Å². The third kappa shape index (κ3) is 6.74. The zero-order valence-corrected chi connectivity index (χ0v) is 15.2. The lowest BCUT2D eigenvalue weighted by Crippen LogP contribution is -2.36. The fraction of sp³-hybridized carbons (Fsp3) is 0.526. The van der Waals surface area contributed by atoms with Gasteiger partial charge >= 0.3 is 0 Å². The Morgan fingerprint density at radius 3 is 2.69 bits per heavy atom. The molecule has 0 aliphatic heterocycles. The topological polar surface area (TPSA) is 100 Å². The van der Waals surface area contributed by atoms with E-state index >= 15 is 0 Å². The Labute approximate surface area is 153 Å². The SMILES string of the molecule is CCOc1cc(C=NNC(=O)CCC(=O)NC2CCCCC2)ccc1O. The predicted molar refractivity (Wildman–Crippen MR) is 99.3 cm³/mol. The van der Waals surface area contributed by atoms with Gasteiger partial charge in [0, 0.05) is 18.9 Å². The van der Waals surface area contributed by atoms with Gasteiger partial charge in [-0.2, -0.15) is 5.10 Å². The highest BCUT2D eigenvalue weighted by molar-refractivity contribution is 5.85. The molecule has 7 heteroatoms. The number of amides is 2. The first-order chi connectivity index (χ1) is 12.6. The van der Waals surface area contributed by atoms with E-state index in [0.717, 1.165) is 25.7 Å². The Kier molecular flexibility index (Phi) is 7.92.